The van der Waals surface area contributed by atoms with E-state index in [9.17, 15) is 0 Å². The summed E-state index contributed by atoms with van der Waals surface area (Å²) in [6.07, 6.45) is 4.29. The predicted molar refractivity (Wildman–Crippen MR) is 84.5 cm³/mol. The molecule has 0 radical (unpaired) electrons. The van der Waals surface area contributed by atoms with Gasteiger partial charge in [-0.1, -0.05) is 6.92 Å². The van der Waals surface area contributed by atoms with Gasteiger partial charge in [0.15, 0.2) is 0 Å². The molecule has 0 amide bonds. The third-order valence-electron chi connectivity index (χ3n) is 2.96. The monoisotopic (exact) mass is 285 g/mol. The number of nitrogens with one attached hydrogen (secondary N) is 1. The van der Waals surface area contributed by atoms with Crippen LogP contribution in [0.4, 0.5) is 0 Å². The summed E-state index contributed by atoms with van der Waals surface area (Å²) < 4.78 is 5.79. The molecule has 1 N–H and O–H groups in total. The molecule has 4 heteroatoms. The molecule has 0 atom stereocenters. The third-order valence-corrected chi connectivity index (χ3v) is 2.96. The number of pyridine rings is 2. The lowest BCUT2D eigenvalue weighted by Gasteiger charge is -2.21. The topological polar surface area (TPSA) is 47.0 Å². The van der Waals surface area contributed by atoms with E-state index in [0.717, 1.165) is 18.7 Å². The first-order chi connectivity index (χ1) is 9.96. The fourth-order valence-electron chi connectivity index (χ4n) is 1.85. The zero-order chi connectivity index (χ0) is 15.3. The summed E-state index contributed by atoms with van der Waals surface area (Å²) in [6.45, 7) is 9.35. The van der Waals surface area contributed by atoms with Crippen molar-refractivity contribution < 1.29 is 4.74 Å². The molecule has 112 valence electrons. The van der Waals surface area contributed by atoms with Crippen molar-refractivity contribution in [1.82, 2.24) is 15.3 Å². The molecule has 0 aromatic carbocycles. The Labute approximate surface area is 126 Å². The second kappa shape index (κ2) is 6.68. The third kappa shape index (κ3) is 5.16. The number of nitrogens with zero attached hydrogens (tertiary/aromatic N) is 2. The molecule has 0 unspecified atom stereocenters. The average molecular weight is 285 g/mol. The lowest BCUT2D eigenvalue weighted by molar-refractivity contribution is 0.421. The molecule has 2 aromatic rings. The first-order valence-electron chi connectivity index (χ1n) is 7.29. The van der Waals surface area contributed by atoms with Gasteiger partial charge in [0.25, 0.3) is 0 Å². The van der Waals surface area contributed by atoms with Crippen LogP contribution in [0.3, 0.4) is 0 Å². The highest BCUT2D eigenvalue weighted by Gasteiger charge is 2.10. The smallest absolute Gasteiger partial charge is 0.219 e. The van der Waals surface area contributed by atoms with Gasteiger partial charge in [-0.15, -0.1) is 0 Å². The largest absolute Gasteiger partial charge is 0.437 e. The van der Waals surface area contributed by atoms with Crippen LogP contribution in [-0.4, -0.2) is 15.5 Å². The highest BCUT2D eigenvalue weighted by molar-refractivity contribution is 5.29. The summed E-state index contributed by atoms with van der Waals surface area (Å²) >= 11 is 0. The fourth-order valence-corrected chi connectivity index (χ4v) is 1.85. The van der Waals surface area contributed by atoms with Gasteiger partial charge >= 0.3 is 0 Å². The Morgan fingerprint density at radius 2 is 2.05 bits per heavy atom. The molecule has 0 saturated carbocycles. The molecule has 0 fully saturated rings. The van der Waals surface area contributed by atoms with Gasteiger partial charge < -0.3 is 10.1 Å². The van der Waals surface area contributed by atoms with E-state index in [-0.39, 0.29) is 5.54 Å². The molecule has 0 bridgehead atoms. The van der Waals surface area contributed by atoms with Crippen LogP contribution < -0.4 is 10.1 Å². The number of aromatic nitrogens is 2. The fraction of sp³-hybridized carbons (Fsp3) is 0.412. The molecule has 0 aliphatic heterocycles. The van der Waals surface area contributed by atoms with E-state index >= 15 is 0 Å². The van der Waals surface area contributed by atoms with Crippen molar-refractivity contribution in [2.45, 2.75) is 46.2 Å². The van der Waals surface area contributed by atoms with E-state index in [1.54, 1.807) is 12.4 Å². The first-order valence-corrected chi connectivity index (χ1v) is 7.29. The zero-order valence-electron chi connectivity index (χ0n) is 13.2. The minimum Gasteiger partial charge on any atom is -0.437 e. The van der Waals surface area contributed by atoms with E-state index in [1.165, 1.54) is 5.56 Å². The van der Waals surface area contributed by atoms with E-state index in [1.807, 2.05) is 18.2 Å². The summed E-state index contributed by atoms with van der Waals surface area (Å²) in [5.41, 5.74) is 2.29. The Bertz CT molecular complexity index is 576. The van der Waals surface area contributed by atoms with E-state index in [4.69, 9.17) is 4.74 Å². The molecular weight excluding hydrogens is 262 g/mol. The summed E-state index contributed by atoms with van der Waals surface area (Å²) in [5, 5.41) is 3.48. The second-order valence-electron chi connectivity index (χ2n) is 6.05. The molecule has 0 saturated heterocycles. The SMILES string of the molecule is CCc1cc(CNC(C)(C)C)cc(Oc2cccnc2)n1. The highest BCUT2D eigenvalue weighted by atomic mass is 16.5. The Balaban J connectivity index is 2.17. The number of ether oxygens (including phenoxy) is 1. The Kier molecular flexibility index (Phi) is 4.91. The van der Waals surface area contributed by atoms with Crippen molar-refractivity contribution in [3.8, 4) is 11.6 Å². The van der Waals surface area contributed by atoms with Crippen LogP contribution in [0, 0.1) is 0 Å². The lowest BCUT2D eigenvalue weighted by Crippen LogP contribution is -2.35. The maximum atomic E-state index is 5.79. The molecule has 2 aromatic heterocycles. The van der Waals surface area contributed by atoms with Crippen molar-refractivity contribution in [1.29, 1.82) is 0 Å². The Morgan fingerprint density at radius 1 is 1.24 bits per heavy atom. The van der Waals surface area contributed by atoms with Crippen molar-refractivity contribution in [2.75, 3.05) is 0 Å². The van der Waals surface area contributed by atoms with Gasteiger partial charge in [0, 0.05) is 30.0 Å². The Morgan fingerprint density at radius 3 is 2.67 bits per heavy atom. The van der Waals surface area contributed by atoms with Crippen molar-refractivity contribution in [3.63, 3.8) is 0 Å². The molecule has 0 aliphatic carbocycles. The number of rotatable bonds is 5. The number of hydrogen-bond acceptors (Lipinski definition) is 4. The highest BCUT2D eigenvalue weighted by Crippen LogP contribution is 2.20. The van der Waals surface area contributed by atoms with Crippen LogP contribution >= 0.6 is 0 Å². The summed E-state index contributed by atoms with van der Waals surface area (Å²) in [7, 11) is 0. The van der Waals surface area contributed by atoms with Crippen LogP contribution in [0.15, 0.2) is 36.7 Å². The zero-order valence-corrected chi connectivity index (χ0v) is 13.2. The molecule has 0 aliphatic rings. The van der Waals surface area contributed by atoms with Crippen LogP contribution in [0.2, 0.25) is 0 Å². The van der Waals surface area contributed by atoms with Gasteiger partial charge in [-0.05, 0) is 51.0 Å². The van der Waals surface area contributed by atoms with Crippen LogP contribution in [-0.2, 0) is 13.0 Å². The molecule has 0 spiro atoms. The maximum absolute atomic E-state index is 5.79. The molecule has 4 nitrogen and oxygen atoms in total. The normalized spacial score (nSPS) is 11.4. The molecule has 2 rings (SSSR count). The van der Waals surface area contributed by atoms with E-state index in [2.05, 4.69) is 49.0 Å². The van der Waals surface area contributed by atoms with Crippen LogP contribution in [0.25, 0.3) is 0 Å². The van der Waals surface area contributed by atoms with E-state index in [0.29, 0.717) is 11.6 Å². The molecule has 21 heavy (non-hydrogen) atoms. The Hall–Kier alpha value is -1.94. The minimum atomic E-state index is 0.0834. The molecular formula is C17H23N3O. The van der Waals surface area contributed by atoms with Crippen LogP contribution in [0.5, 0.6) is 11.6 Å². The minimum absolute atomic E-state index is 0.0834. The summed E-state index contributed by atoms with van der Waals surface area (Å²) in [6, 6.07) is 7.82. The first kappa shape index (κ1) is 15.4. The quantitative estimate of drug-likeness (QED) is 0.909. The van der Waals surface area contributed by atoms with Gasteiger partial charge in [-0.3, -0.25) is 4.98 Å². The standard InChI is InChI=1S/C17H23N3O/c1-5-14-9-13(11-19-17(2,3)4)10-16(20-14)21-15-7-6-8-18-12-15/h6-10,12,19H,5,11H2,1-4H3. The average Bonchev–Trinajstić information content (AvgIpc) is 2.45. The number of aryl methyl sites for hydroxylation is 1. The van der Waals surface area contributed by atoms with E-state index < -0.39 is 0 Å². The van der Waals surface area contributed by atoms with Gasteiger partial charge in [0.1, 0.15) is 5.75 Å². The predicted octanol–water partition coefficient (Wildman–Crippen LogP) is 3.72. The van der Waals surface area contributed by atoms with Gasteiger partial charge in [0.05, 0.1) is 6.20 Å². The van der Waals surface area contributed by atoms with Crippen LogP contribution in [0.1, 0.15) is 39.0 Å². The van der Waals surface area contributed by atoms with Crippen molar-refractivity contribution >= 4 is 0 Å². The molecule has 2 heterocycles. The van der Waals surface area contributed by atoms with Gasteiger partial charge in [-0.2, -0.15) is 0 Å². The summed E-state index contributed by atoms with van der Waals surface area (Å²) in [5.74, 6) is 1.32. The maximum Gasteiger partial charge on any atom is 0.219 e. The van der Waals surface area contributed by atoms with Gasteiger partial charge in [0.2, 0.25) is 5.88 Å². The number of hydrogen-bond donors (Lipinski definition) is 1. The lowest BCUT2D eigenvalue weighted by atomic mass is 10.1. The van der Waals surface area contributed by atoms with Crippen molar-refractivity contribution in [2.24, 2.45) is 0 Å². The van der Waals surface area contributed by atoms with Gasteiger partial charge in [-0.25, -0.2) is 4.98 Å². The van der Waals surface area contributed by atoms with Crippen molar-refractivity contribution in [3.05, 3.63) is 47.9 Å². The second-order valence-corrected chi connectivity index (χ2v) is 6.05. The summed E-state index contributed by atoms with van der Waals surface area (Å²) in [4.78, 5) is 8.56.